The van der Waals surface area contributed by atoms with Gasteiger partial charge in [-0.15, -0.1) is 0 Å². The van der Waals surface area contributed by atoms with Gasteiger partial charge in [0.05, 0.1) is 28.9 Å². The van der Waals surface area contributed by atoms with Gasteiger partial charge in [0.25, 0.3) is 0 Å². The van der Waals surface area contributed by atoms with E-state index in [1.807, 2.05) is 0 Å². The lowest BCUT2D eigenvalue weighted by atomic mass is 9.81. The van der Waals surface area contributed by atoms with Gasteiger partial charge in [0, 0.05) is 11.6 Å². The fraction of sp³-hybridized carbons (Fsp3) is 0.286. The lowest BCUT2D eigenvalue weighted by molar-refractivity contribution is -0.156. The van der Waals surface area contributed by atoms with E-state index in [-0.39, 0.29) is 22.0 Å². The maximum absolute atomic E-state index is 11.6. The number of carbonyl (C=O) groups is 2. The van der Waals surface area contributed by atoms with Gasteiger partial charge in [0.15, 0.2) is 5.41 Å². The van der Waals surface area contributed by atoms with E-state index in [2.05, 4.69) is 9.97 Å². The molecule has 0 amide bonds. The van der Waals surface area contributed by atoms with Crippen molar-refractivity contribution in [3.63, 3.8) is 0 Å². The topological polar surface area (TPSA) is 110 Å². The SMILES string of the molecule is COc1ccc2nc(C)c(Cl)c(C(C)(C(=O)O)C(=O)O)c2n1. The number of ether oxygens (including phenoxy) is 1. The molecule has 0 aromatic carbocycles. The third kappa shape index (κ3) is 2.23. The van der Waals surface area contributed by atoms with Crippen LogP contribution in [0, 0.1) is 6.92 Å². The predicted molar refractivity (Wildman–Crippen MR) is 78.5 cm³/mol. The molecule has 2 aromatic rings. The summed E-state index contributed by atoms with van der Waals surface area (Å²) in [7, 11) is 1.39. The van der Waals surface area contributed by atoms with Crippen LogP contribution >= 0.6 is 11.6 Å². The lowest BCUT2D eigenvalue weighted by Crippen LogP contribution is -2.41. The third-order valence-electron chi connectivity index (χ3n) is 3.48. The second-order valence-electron chi connectivity index (χ2n) is 4.84. The molecule has 2 rings (SSSR count). The molecule has 0 atom stereocenters. The van der Waals surface area contributed by atoms with Crippen molar-refractivity contribution in [1.29, 1.82) is 0 Å². The highest BCUT2D eigenvalue weighted by molar-refractivity contribution is 6.34. The summed E-state index contributed by atoms with van der Waals surface area (Å²) in [6.07, 6.45) is 0. The number of carboxylic acid groups (broad SMARTS) is 2. The summed E-state index contributed by atoms with van der Waals surface area (Å²) >= 11 is 6.17. The van der Waals surface area contributed by atoms with E-state index in [4.69, 9.17) is 16.3 Å². The Hall–Kier alpha value is -2.41. The molecule has 0 aliphatic carbocycles. The number of hydrogen-bond donors (Lipinski definition) is 2. The molecule has 0 aliphatic rings. The second kappa shape index (κ2) is 5.42. The van der Waals surface area contributed by atoms with Crippen molar-refractivity contribution in [2.45, 2.75) is 19.3 Å². The Morgan fingerprint density at radius 2 is 1.82 bits per heavy atom. The number of aryl methyl sites for hydroxylation is 1. The number of aromatic nitrogens is 2. The van der Waals surface area contributed by atoms with Gasteiger partial charge in [0.1, 0.15) is 0 Å². The van der Waals surface area contributed by atoms with Crippen molar-refractivity contribution >= 4 is 34.6 Å². The number of carboxylic acids is 2. The second-order valence-corrected chi connectivity index (χ2v) is 5.22. The van der Waals surface area contributed by atoms with Crippen molar-refractivity contribution < 1.29 is 24.5 Å². The minimum atomic E-state index is -2.26. The fourth-order valence-electron chi connectivity index (χ4n) is 2.10. The molecule has 0 aliphatic heterocycles. The van der Waals surface area contributed by atoms with Gasteiger partial charge in [-0.05, 0) is 19.9 Å². The van der Waals surface area contributed by atoms with Crippen molar-refractivity contribution in [3.8, 4) is 5.88 Å². The number of hydrogen-bond acceptors (Lipinski definition) is 5. The molecular weight excluding hydrogens is 312 g/mol. The Morgan fingerprint density at radius 1 is 1.23 bits per heavy atom. The van der Waals surface area contributed by atoms with Crippen molar-refractivity contribution in [1.82, 2.24) is 9.97 Å². The molecule has 116 valence electrons. The van der Waals surface area contributed by atoms with Crippen LogP contribution in [-0.2, 0) is 15.0 Å². The van der Waals surface area contributed by atoms with Crippen molar-refractivity contribution in [2.24, 2.45) is 0 Å². The summed E-state index contributed by atoms with van der Waals surface area (Å²) in [6, 6.07) is 3.11. The van der Waals surface area contributed by atoms with Crippen LogP contribution in [0.25, 0.3) is 11.0 Å². The number of fused-ring (bicyclic) bond motifs is 1. The minimum absolute atomic E-state index is 0.0412. The first-order valence-electron chi connectivity index (χ1n) is 6.21. The van der Waals surface area contributed by atoms with E-state index in [9.17, 15) is 19.8 Å². The zero-order valence-electron chi connectivity index (χ0n) is 12.0. The molecule has 8 heteroatoms. The maximum Gasteiger partial charge on any atom is 0.325 e. The molecule has 0 unspecified atom stereocenters. The largest absolute Gasteiger partial charge is 0.481 e. The molecule has 0 spiro atoms. The van der Waals surface area contributed by atoms with E-state index >= 15 is 0 Å². The Balaban J connectivity index is 3.00. The number of rotatable bonds is 4. The summed E-state index contributed by atoms with van der Waals surface area (Å²) in [5, 5.41) is 18.8. The third-order valence-corrected chi connectivity index (χ3v) is 3.94. The standard InChI is InChI=1S/C14H13ClN2O5/c1-6-10(15)9(14(2,12(18)19)13(20)21)11-7(16-6)4-5-8(17-11)22-3/h4-5H,1-3H3,(H,18,19)(H,20,21). The number of aliphatic carboxylic acids is 2. The highest BCUT2D eigenvalue weighted by atomic mass is 35.5. The number of halogens is 1. The Bertz CT molecular complexity index is 776. The average Bonchev–Trinajstić information content (AvgIpc) is 2.47. The van der Waals surface area contributed by atoms with Crippen LogP contribution in [-0.4, -0.2) is 39.2 Å². The highest BCUT2D eigenvalue weighted by Crippen LogP contribution is 2.37. The molecule has 0 saturated heterocycles. The van der Waals surface area contributed by atoms with Crippen LogP contribution in [0.1, 0.15) is 18.2 Å². The molecule has 2 N–H and O–H groups in total. The zero-order chi connectivity index (χ0) is 16.7. The lowest BCUT2D eigenvalue weighted by Gasteiger charge is -2.23. The molecule has 22 heavy (non-hydrogen) atoms. The smallest absolute Gasteiger partial charge is 0.325 e. The molecular formula is C14H13ClN2O5. The summed E-state index contributed by atoms with van der Waals surface area (Å²) in [4.78, 5) is 31.6. The first-order chi connectivity index (χ1) is 10.2. The zero-order valence-corrected chi connectivity index (χ0v) is 12.8. The molecule has 2 aromatic heterocycles. The Kier molecular flexibility index (Phi) is 3.93. The van der Waals surface area contributed by atoms with E-state index in [1.54, 1.807) is 19.1 Å². The van der Waals surface area contributed by atoms with Gasteiger partial charge in [-0.2, -0.15) is 0 Å². The average molecular weight is 325 g/mol. The van der Waals surface area contributed by atoms with Gasteiger partial charge < -0.3 is 14.9 Å². The van der Waals surface area contributed by atoms with E-state index < -0.39 is 17.4 Å². The number of pyridine rings is 2. The quantitative estimate of drug-likeness (QED) is 0.828. The summed E-state index contributed by atoms with van der Waals surface area (Å²) in [6.45, 7) is 2.64. The van der Waals surface area contributed by atoms with E-state index in [0.29, 0.717) is 11.2 Å². The van der Waals surface area contributed by atoms with Crippen molar-refractivity contribution in [3.05, 3.63) is 28.4 Å². The van der Waals surface area contributed by atoms with E-state index in [0.717, 1.165) is 6.92 Å². The first kappa shape index (κ1) is 16.0. The first-order valence-corrected chi connectivity index (χ1v) is 6.59. The predicted octanol–water partition coefficient (Wildman–Crippen LogP) is 2.03. The fourth-order valence-corrected chi connectivity index (χ4v) is 2.42. The van der Waals surface area contributed by atoms with Gasteiger partial charge in [-0.3, -0.25) is 9.59 Å². The van der Waals surface area contributed by atoms with Gasteiger partial charge >= 0.3 is 11.9 Å². The van der Waals surface area contributed by atoms with Crippen LogP contribution in [0.4, 0.5) is 0 Å². The van der Waals surface area contributed by atoms with Crippen LogP contribution < -0.4 is 4.74 Å². The van der Waals surface area contributed by atoms with E-state index in [1.165, 1.54) is 7.11 Å². The molecule has 0 saturated carbocycles. The summed E-state index contributed by atoms with van der Waals surface area (Å²) in [5.41, 5.74) is -1.63. The van der Waals surface area contributed by atoms with Crippen LogP contribution in [0.2, 0.25) is 5.02 Å². The molecule has 0 radical (unpaired) electrons. The van der Waals surface area contributed by atoms with Crippen molar-refractivity contribution in [2.75, 3.05) is 7.11 Å². The number of methoxy groups -OCH3 is 1. The summed E-state index contributed by atoms with van der Waals surface area (Å²) < 4.78 is 5.00. The molecule has 2 heterocycles. The maximum atomic E-state index is 11.6. The monoisotopic (exact) mass is 324 g/mol. The molecule has 7 nitrogen and oxygen atoms in total. The van der Waals surface area contributed by atoms with Crippen LogP contribution in [0.3, 0.4) is 0 Å². The van der Waals surface area contributed by atoms with Gasteiger partial charge in [0.2, 0.25) is 5.88 Å². The Labute approximate surface area is 130 Å². The highest BCUT2D eigenvalue weighted by Gasteiger charge is 2.47. The Morgan fingerprint density at radius 3 is 2.32 bits per heavy atom. The van der Waals surface area contributed by atoms with Crippen LogP contribution in [0.5, 0.6) is 5.88 Å². The summed E-state index contributed by atoms with van der Waals surface area (Å²) in [5.74, 6) is -2.88. The van der Waals surface area contributed by atoms with Gasteiger partial charge in [-0.1, -0.05) is 11.6 Å². The van der Waals surface area contributed by atoms with Crippen LogP contribution in [0.15, 0.2) is 12.1 Å². The molecule has 0 bridgehead atoms. The number of nitrogens with zero attached hydrogens (tertiary/aromatic N) is 2. The normalized spacial score (nSPS) is 11.5. The minimum Gasteiger partial charge on any atom is -0.481 e. The molecule has 0 fully saturated rings. The van der Waals surface area contributed by atoms with Gasteiger partial charge in [-0.25, -0.2) is 9.97 Å².